The number of nitrogens with two attached hydrogens (primary N) is 1. The van der Waals surface area contributed by atoms with Crippen LogP contribution in [-0.4, -0.2) is 37.7 Å². The second-order valence-corrected chi connectivity index (χ2v) is 5.08. The fraction of sp³-hybridized carbons (Fsp3) is 0.500. The molecule has 1 aliphatic heterocycles. The van der Waals surface area contributed by atoms with E-state index in [0.29, 0.717) is 23.2 Å². The van der Waals surface area contributed by atoms with Gasteiger partial charge in [-0.15, -0.1) is 0 Å². The van der Waals surface area contributed by atoms with Crippen LogP contribution in [0.5, 0.6) is 0 Å². The van der Waals surface area contributed by atoms with E-state index in [2.05, 4.69) is 4.90 Å². The fourth-order valence-electron chi connectivity index (χ4n) is 2.24. The molecule has 0 radical (unpaired) electrons. The number of likely N-dealkylation sites (N-methyl/N-ethyl adjacent to an activating group) is 1. The summed E-state index contributed by atoms with van der Waals surface area (Å²) in [5, 5.41) is 1.38. The van der Waals surface area contributed by atoms with Crippen LogP contribution < -0.4 is 5.73 Å². The van der Waals surface area contributed by atoms with Gasteiger partial charge in [0.15, 0.2) is 0 Å². The van der Waals surface area contributed by atoms with Crippen LogP contribution in [0.25, 0.3) is 0 Å². The van der Waals surface area contributed by atoms with Crippen LogP contribution in [0.1, 0.15) is 11.6 Å². The first-order valence-electron chi connectivity index (χ1n) is 5.60. The molecule has 0 aliphatic carbocycles. The standard InChI is InChI=1S/C12H16Cl2N2O/c1-16-4-5-17-11(7-15)12(16)9-6-8(13)2-3-10(9)14/h2-3,6,11-12H,4-5,7,15H2,1H3. The van der Waals surface area contributed by atoms with E-state index in [1.165, 1.54) is 0 Å². The van der Waals surface area contributed by atoms with Crippen molar-refractivity contribution in [1.82, 2.24) is 4.90 Å². The monoisotopic (exact) mass is 274 g/mol. The molecule has 1 aromatic rings. The van der Waals surface area contributed by atoms with Crippen LogP contribution >= 0.6 is 23.2 Å². The predicted molar refractivity (Wildman–Crippen MR) is 70.6 cm³/mol. The average Bonchev–Trinajstić information content (AvgIpc) is 2.32. The minimum absolute atomic E-state index is 0.0373. The molecule has 0 aromatic heterocycles. The Kier molecular flexibility index (Phi) is 4.28. The summed E-state index contributed by atoms with van der Waals surface area (Å²) in [5.41, 5.74) is 6.74. The second-order valence-electron chi connectivity index (χ2n) is 4.24. The van der Waals surface area contributed by atoms with Crippen molar-refractivity contribution in [2.75, 3.05) is 26.7 Å². The van der Waals surface area contributed by atoms with Crippen molar-refractivity contribution < 1.29 is 4.74 Å². The molecule has 5 heteroatoms. The molecule has 0 amide bonds. The van der Waals surface area contributed by atoms with Crippen molar-refractivity contribution in [3.8, 4) is 0 Å². The fourth-order valence-corrected chi connectivity index (χ4v) is 2.65. The summed E-state index contributed by atoms with van der Waals surface area (Å²) in [4.78, 5) is 2.21. The first kappa shape index (κ1) is 13.1. The van der Waals surface area contributed by atoms with E-state index in [0.717, 1.165) is 12.1 Å². The number of morpholine rings is 1. The smallest absolute Gasteiger partial charge is 0.0894 e. The van der Waals surface area contributed by atoms with Crippen molar-refractivity contribution in [1.29, 1.82) is 0 Å². The van der Waals surface area contributed by atoms with Gasteiger partial charge in [-0.2, -0.15) is 0 Å². The Morgan fingerprint density at radius 2 is 2.24 bits per heavy atom. The SMILES string of the molecule is CN1CCOC(CN)C1c1cc(Cl)ccc1Cl. The van der Waals surface area contributed by atoms with Crippen LogP contribution in [0.4, 0.5) is 0 Å². The normalized spacial score (nSPS) is 26.1. The zero-order valence-electron chi connectivity index (χ0n) is 9.70. The third kappa shape index (κ3) is 2.75. The average molecular weight is 275 g/mol. The second kappa shape index (κ2) is 5.55. The molecule has 2 atom stereocenters. The number of halogens is 2. The van der Waals surface area contributed by atoms with Gasteiger partial charge >= 0.3 is 0 Å². The molecule has 1 aliphatic rings. The van der Waals surface area contributed by atoms with E-state index in [1.807, 2.05) is 19.2 Å². The molecule has 1 saturated heterocycles. The Morgan fingerprint density at radius 3 is 2.94 bits per heavy atom. The lowest BCUT2D eigenvalue weighted by Crippen LogP contribution is -2.46. The van der Waals surface area contributed by atoms with Crippen molar-refractivity contribution in [3.05, 3.63) is 33.8 Å². The highest BCUT2D eigenvalue weighted by atomic mass is 35.5. The van der Waals surface area contributed by atoms with Crippen LogP contribution in [-0.2, 0) is 4.74 Å². The Hall–Kier alpha value is -0.320. The Labute approximate surface area is 111 Å². The molecular formula is C12H16Cl2N2O. The molecule has 0 bridgehead atoms. The van der Waals surface area contributed by atoms with Crippen molar-refractivity contribution in [2.24, 2.45) is 5.73 Å². The summed E-state index contributed by atoms with van der Waals surface area (Å²) in [6.45, 7) is 2.04. The molecule has 3 nitrogen and oxygen atoms in total. The maximum absolute atomic E-state index is 6.24. The lowest BCUT2D eigenvalue weighted by molar-refractivity contribution is -0.0576. The summed E-state index contributed by atoms with van der Waals surface area (Å²) in [5.74, 6) is 0. The van der Waals surface area contributed by atoms with Gasteiger partial charge in [-0.05, 0) is 30.8 Å². The van der Waals surface area contributed by atoms with Crippen LogP contribution in [0.2, 0.25) is 10.0 Å². The molecular weight excluding hydrogens is 259 g/mol. The first-order chi connectivity index (χ1) is 8.13. The van der Waals surface area contributed by atoms with Crippen molar-refractivity contribution >= 4 is 23.2 Å². The van der Waals surface area contributed by atoms with Crippen molar-refractivity contribution in [3.63, 3.8) is 0 Å². The van der Waals surface area contributed by atoms with Gasteiger partial charge in [0, 0.05) is 23.1 Å². The number of hydrogen-bond donors (Lipinski definition) is 1. The lowest BCUT2D eigenvalue weighted by Gasteiger charge is -2.39. The third-order valence-electron chi connectivity index (χ3n) is 3.11. The number of ether oxygens (including phenoxy) is 1. The number of rotatable bonds is 2. The highest BCUT2D eigenvalue weighted by molar-refractivity contribution is 6.33. The number of benzene rings is 1. The topological polar surface area (TPSA) is 38.5 Å². The number of nitrogens with zero attached hydrogens (tertiary/aromatic N) is 1. The minimum atomic E-state index is -0.0373. The Morgan fingerprint density at radius 1 is 1.47 bits per heavy atom. The molecule has 2 rings (SSSR count). The Bertz CT molecular complexity index is 400. The minimum Gasteiger partial charge on any atom is -0.374 e. The van der Waals surface area contributed by atoms with Crippen LogP contribution in [0.15, 0.2) is 18.2 Å². The number of hydrogen-bond acceptors (Lipinski definition) is 3. The molecule has 94 valence electrons. The molecule has 1 fully saturated rings. The maximum Gasteiger partial charge on any atom is 0.0894 e. The first-order valence-corrected chi connectivity index (χ1v) is 6.36. The van der Waals surface area contributed by atoms with Crippen molar-refractivity contribution in [2.45, 2.75) is 12.1 Å². The van der Waals surface area contributed by atoms with E-state index >= 15 is 0 Å². The molecule has 1 heterocycles. The zero-order chi connectivity index (χ0) is 12.4. The molecule has 2 unspecified atom stereocenters. The third-order valence-corrected chi connectivity index (χ3v) is 3.69. The highest BCUT2D eigenvalue weighted by Gasteiger charge is 2.31. The van der Waals surface area contributed by atoms with Gasteiger partial charge in [0.05, 0.1) is 18.8 Å². The van der Waals surface area contributed by atoms with E-state index in [9.17, 15) is 0 Å². The molecule has 2 N–H and O–H groups in total. The summed E-state index contributed by atoms with van der Waals surface area (Å²) in [7, 11) is 2.05. The van der Waals surface area contributed by atoms with E-state index in [1.54, 1.807) is 6.07 Å². The van der Waals surface area contributed by atoms with Gasteiger partial charge in [-0.1, -0.05) is 23.2 Å². The van der Waals surface area contributed by atoms with Crippen LogP contribution in [0.3, 0.4) is 0 Å². The van der Waals surface area contributed by atoms with E-state index in [-0.39, 0.29) is 12.1 Å². The molecule has 1 aromatic carbocycles. The van der Waals surface area contributed by atoms with Gasteiger partial charge in [-0.3, -0.25) is 4.90 Å². The molecule has 17 heavy (non-hydrogen) atoms. The van der Waals surface area contributed by atoms with Gasteiger partial charge < -0.3 is 10.5 Å². The van der Waals surface area contributed by atoms with Crippen LogP contribution in [0, 0.1) is 0 Å². The quantitative estimate of drug-likeness (QED) is 0.900. The maximum atomic E-state index is 6.24. The van der Waals surface area contributed by atoms with E-state index in [4.69, 9.17) is 33.7 Å². The molecule has 0 spiro atoms. The van der Waals surface area contributed by atoms with Gasteiger partial charge in [0.25, 0.3) is 0 Å². The van der Waals surface area contributed by atoms with Gasteiger partial charge in [0.2, 0.25) is 0 Å². The van der Waals surface area contributed by atoms with Gasteiger partial charge in [0.1, 0.15) is 0 Å². The zero-order valence-corrected chi connectivity index (χ0v) is 11.2. The lowest BCUT2D eigenvalue weighted by atomic mass is 9.98. The Balaban J connectivity index is 2.37. The van der Waals surface area contributed by atoms with E-state index < -0.39 is 0 Å². The predicted octanol–water partition coefficient (Wildman–Crippen LogP) is 2.32. The summed E-state index contributed by atoms with van der Waals surface area (Å²) < 4.78 is 5.69. The van der Waals surface area contributed by atoms with Gasteiger partial charge in [-0.25, -0.2) is 0 Å². The molecule has 0 saturated carbocycles. The summed E-state index contributed by atoms with van der Waals surface area (Å²) in [6.07, 6.45) is -0.0373. The summed E-state index contributed by atoms with van der Waals surface area (Å²) in [6, 6.07) is 5.56. The summed E-state index contributed by atoms with van der Waals surface area (Å²) >= 11 is 12.3. The largest absolute Gasteiger partial charge is 0.374 e. The highest BCUT2D eigenvalue weighted by Crippen LogP contribution is 2.34.